The standard InChI is InChI=1S/C31H39N7O5/c1-17-13-37(14-18(2)38(17)30(40)43-31(4,5)6)21-10-23-22(28(32)39)11-25(34-29(23)33-12-21)24-9-20-15-36(7)35-26(20)19(3)27(24)42-16-41-8/h9-12,15,17-18H,13-14,16H2,1-8H3,(H2,32,39)/t17-,18+. The maximum Gasteiger partial charge on any atom is 0.410 e. The lowest BCUT2D eigenvalue weighted by atomic mass is 10.00. The van der Waals surface area contributed by atoms with E-state index in [1.807, 2.05) is 66.9 Å². The highest BCUT2D eigenvalue weighted by atomic mass is 16.7. The topological polar surface area (TPSA) is 138 Å². The Kier molecular flexibility index (Phi) is 7.91. The van der Waals surface area contributed by atoms with Crippen LogP contribution in [0.1, 0.15) is 50.5 Å². The second-order valence-electron chi connectivity index (χ2n) is 12.1. The van der Waals surface area contributed by atoms with Crippen LogP contribution < -0.4 is 15.4 Å². The number of hydrogen-bond acceptors (Lipinski definition) is 9. The van der Waals surface area contributed by atoms with Gasteiger partial charge in [0.05, 0.1) is 40.7 Å². The van der Waals surface area contributed by atoms with Crippen molar-refractivity contribution < 1.29 is 23.8 Å². The molecule has 228 valence electrons. The summed E-state index contributed by atoms with van der Waals surface area (Å²) in [4.78, 5) is 39.1. The number of fused-ring (bicyclic) bond motifs is 2. The van der Waals surface area contributed by atoms with Crippen molar-refractivity contribution in [3.05, 3.63) is 41.7 Å². The van der Waals surface area contributed by atoms with Crippen LogP contribution in [0.3, 0.4) is 0 Å². The molecule has 0 radical (unpaired) electrons. The van der Waals surface area contributed by atoms with E-state index in [0.717, 1.165) is 22.2 Å². The molecule has 1 aromatic carbocycles. The summed E-state index contributed by atoms with van der Waals surface area (Å²) in [7, 11) is 3.41. The molecular weight excluding hydrogens is 550 g/mol. The Morgan fingerprint density at radius 1 is 1.12 bits per heavy atom. The number of carbonyl (C=O) groups is 2. The highest BCUT2D eigenvalue weighted by Gasteiger charge is 2.36. The summed E-state index contributed by atoms with van der Waals surface area (Å²) in [6, 6.07) is 5.28. The third kappa shape index (κ3) is 5.92. The maximum absolute atomic E-state index is 12.9. The molecule has 0 spiro atoms. The number of methoxy groups -OCH3 is 1. The number of ether oxygens (including phenoxy) is 3. The van der Waals surface area contributed by atoms with Gasteiger partial charge < -0.3 is 24.8 Å². The summed E-state index contributed by atoms with van der Waals surface area (Å²) in [5, 5.41) is 6.01. The molecule has 3 aromatic heterocycles. The predicted molar refractivity (Wildman–Crippen MR) is 164 cm³/mol. The minimum atomic E-state index is -0.595. The zero-order valence-electron chi connectivity index (χ0n) is 26.0. The van der Waals surface area contributed by atoms with E-state index in [1.54, 1.807) is 29.0 Å². The predicted octanol–water partition coefficient (Wildman–Crippen LogP) is 4.41. The zero-order chi connectivity index (χ0) is 31.2. The first kappa shape index (κ1) is 30.0. The van der Waals surface area contributed by atoms with Gasteiger partial charge in [0.2, 0.25) is 5.91 Å². The summed E-state index contributed by atoms with van der Waals surface area (Å²) >= 11 is 0. The summed E-state index contributed by atoms with van der Waals surface area (Å²) in [6.45, 7) is 12.7. The number of rotatable bonds is 6. The SMILES string of the molecule is COCOc1c(-c2cc(C(N)=O)c3cc(N4C[C@@H](C)N(C(=O)OC(C)(C)C)[C@@H](C)C4)cnc3n2)cc2cn(C)nc2c1C. The van der Waals surface area contributed by atoms with E-state index in [1.165, 1.54) is 0 Å². The Bertz CT molecular complexity index is 1700. The largest absolute Gasteiger partial charge is 0.466 e. The molecule has 12 heteroatoms. The van der Waals surface area contributed by atoms with Crippen molar-refractivity contribution in [3.8, 4) is 17.0 Å². The number of benzene rings is 1. The van der Waals surface area contributed by atoms with E-state index in [0.29, 0.717) is 46.7 Å². The number of piperazine rings is 1. The van der Waals surface area contributed by atoms with Crippen molar-refractivity contribution in [2.24, 2.45) is 12.8 Å². The minimum absolute atomic E-state index is 0.0298. The molecule has 2 atom stereocenters. The number of nitrogens with zero attached hydrogens (tertiary/aromatic N) is 6. The van der Waals surface area contributed by atoms with E-state index in [9.17, 15) is 9.59 Å². The Balaban J connectivity index is 1.54. The van der Waals surface area contributed by atoms with Gasteiger partial charge in [-0.25, -0.2) is 14.8 Å². The second kappa shape index (κ2) is 11.3. The number of amides is 2. The average Bonchev–Trinajstić information content (AvgIpc) is 3.30. The van der Waals surface area contributed by atoms with Gasteiger partial charge in [-0.3, -0.25) is 14.4 Å². The van der Waals surface area contributed by atoms with E-state index >= 15 is 0 Å². The van der Waals surface area contributed by atoms with Crippen LogP contribution in [-0.2, 0) is 16.5 Å². The summed E-state index contributed by atoms with van der Waals surface area (Å²) in [6.07, 6.45) is 3.33. The highest BCUT2D eigenvalue weighted by Crippen LogP contribution is 2.38. The van der Waals surface area contributed by atoms with Crippen molar-refractivity contribution in [1.82, 2.24) is 24.6 Å². The fourth-order valence-corrected chi connectivity index (χ4v) is 5.75. The summed E-state index contributed by atoms with van der Waals surface area (Å²) in [5.41, 5.74) is 9.61. The Morgan fingerprint density at radius 3 is 2.44 bits per heavy atom. The number of aryl methyl sites for hydroxylation is 2. The molecule has 43 heavy (non-hydrogen) atoms. The first-order valence-electron chi connectivity index (χ1n) is 14.2. The summed E-state index contributed by atoms with van der Waals surface area (Å²) < 4.78 is 18.5. The Hall–Kier alpha value is -4.45. The fourth-order valence-electron chi connectivity index (χ4n) is 5.75. The van der Waals surface area contributed by atoms with Crippen LogP contribution in [-0.4, -0.2) is 81.3 Å². The monoisotopic (exact) mass is 589 g/mol. The lowest BCUT2D eigenvalue weighted by molar-refractivity contribution is 0.00564. The van der Waals surface area contributed by atoms with Crippen molar-refractivity contribution in [1.29, 1.82) is 0 Å². The van der Waals surface area contributed by atoms with Gasteiger partial charge in [-0.2, -0.15) is 5.10 Å². The lowest BCUT2D eigenvalue weighted by Crippen LogP contribution is -2.59. The normalized spacial score (nSPS) is 17.5. The zero-order valence-corrected chi connectivity index (χ0v) is 26.0. The van der Waals surface area contributed by atoms with E-state index in [-0.39, 0.29) is 25.0 Å². The van der Waals surface area contributed by atoms with Gasteiger partial charge in [-0.15, -0.1) is 0 Å². The van der Waals surface area contributed by atoms with Gasteiger partial charge >= 0.3 is 6.09 Å². The maximum atomic E-state index is 12.9. The molecule has 4 aromatic rings. The molecule has 0 saturated carbocycles. The fraction of sp³-hybridized carbons (Fsp3) is 0.452. The Labute approximate surface area is 250 Å². The highest BCUT2D eigenvalue weighted by molar-refractivity contribution is 6.06. The van der Waals surface area contributed by atoms with E-state index < -0.39 is 11.5 Å². The molecule has 12 nitrogen and oxygen atoms in total. The van der Waals surface area contributed by atoms with Gasteiger partial charge in [0.25, 0.3) is 0 Å². The van der Waals surface area contributed by atoms with Crippen molar-refractivity contribution in [2.75, 3.05) is 31.9 Å². The van der Waals surface area contributed by atoms with E-state index in [2.05, 4.69) is 15.0 Å². The van der Waals surface area contributed by atoms with Crippen LogP contribution in [0, 0.1) is 6.92 Å². The molecule has 2 amide bonds. The average molecular weight is 590 g/mol. The number of aromatic nitrogens is 4. The number of nitrogens with two attached hydrogens (primary N) is 1. The number of primary amides is 1. The third-order valence-corrected chi connectivity index (χ3v) is 7.50. The second-order valence-corrected chi connectivity index (χ2v) is 12.1. The van der Waals surface area contributed by atoms with Crippen LogP contribution >= 0.6 is 0 Å². The van der Waals surface area contributed by atoms with Crippen LogP contribution in [0.15, 0.2) is 30.6 Å². The molecule has 1 saturated heterocycles. The van der Waals surface area contributed by atoms with Gasteiger partial charge in [0.1, 0.15) is 11.4 Å². The van der Waals surface area contributed by atoms with Crippen molar-refractivity contribution in [3.63, 3.8) is 0 Å². The van der Waals surface area contributed by atoms with Crippen molar-refractivity contribution >= 4 is 39.6 Å². The summed E-state index contributed by atoms with van der Waals surface area (Å²) in [5.74, 6) is -0.0413. The molecule has 0 aliphatic carbocycles. The smallest absolute Gasteiger partial charge is 0.410 e. The van der Waals surface area contributed by atoms with Crippen LogP contribution in [0.25, 0.3) is 33.2 Å². The first-order chi connectivity index (χ1) is 20.3. The lowest BCUT2D eigenvalue weighted by Gasteiger charge is -2.45. The molecule has 0 bridgehead atoms. The molecule has 4 heterocycles. The molecule has 0 unspecified atom stereocenters. The van der Waals surface area contributed by atoms with Crippen LogP contribution in [0.4, 0.5) is 10.5 Å². The van der Waals surface area contributed by atoms with Crippen LogP contribution in [0.5, 0.6) is 5.75 Å². The molecule has 1 aliphatic heterocycles. The number of hydrogen-bond donors (Lipinski definition) is 1. The third-order valence-electron chi connectivity index (χ3n) is 7.50. The first-order valence-corrected chi connectivity index (χ1v) is 14.2. The number of anilines is 1. The minimum Gasteiger partial charge on any atom is -0.466 e. The van der Waals surface area contributed by atoms with Crippen LogP contribution in [0.2, 0.25) is 0 Å². The van der Waals surface area contributed by atoms with Gasteiger partial charge in [0.15, 0.2) is 12.4 Å². The molecule has 2 N–H and O–H groups in total. The quantitative estimate of drug-likeness (QED) is 0.324. The molecule has 5 rings (SSSR count). The van der Waals surface area contributed by atoms with Gasteiger partial charge in [-0.1, -0.05) is 0 Å². The van der Waals surface area contributed by atoms with E-state index in [4.69, 9.17) is 24.9 Å². The van der Waals surface area contributed by atoms with Gasteiger partial charge in [0, 0.05) is 55.3 Å². The molecule has 1 aliphatic rings. The molecular formula is C31H39N7O5. The molecule has 1 fully saturated rings. The van der Waals surface area contributed by atoms with Gasteiger partial charge in [-0.05, 0) is 59.7 Å². The number of carbonyl (C=O) groups excluding carboxylic acids is 2. The Morgan fingerprint density at radius 2 is 1.81 bits per heavy atom. The van der Waals surface area contributed by atoms with Crippen molar-refractivity contribution in [2.45, 2.75) is 59.2 Å². The number of pyridine rings is 2.